The van der Waals surface area contributed by atoms with Gasteiger partial charge in [0.2, 0.25) is 0 Å². The van der Waals surface area contributed by atoms with E-state index in [2.05, 4.69) is 13.8 Å². The number of carbonyl (C=O) groups is 2. The van der Waals surface area contributed by atoms with Crippen LogP contribution in [-0.2, 0) is 22.3 Å². The molecule has 0 unspecified atom stereocenters. The summed E-state index contributed by atoms with van der Waals surface area (Å²) >= 11 is 0. The largest absolute Gasteiger partial charge is 0.418 e. The molecule has 0 atom stereocenters. The highest BCUT2D eigenvalue weighted by Gasteiger charge is 2.23. The fourth-order valence-corrected chi connectivity index (χ4v) is 3.94. The molecule has 0 saturated heterocycles. The predicted octanol–water partition coefficient (Wildman–Crippen LogP) is 7.97. The van der Waals surface area contributed by atoms with Crippen LogP contribution < -0.4 is 0 Å². The normalized spacial score (nSPS) is 11.5. The topological polar surface area (TPSA) is 52.6 Å². The van der Waals surface area contributed by atoms with Crippen molar-refractivity contribution in [3.05, 3.63) is 142 Å². The van der Waals surface area contributed by atoms with E-state index in [0.717, 1.165) is 35.1 Å². The first kappa shape index (κ1) is 26.6. The third-order valence-electron chi connectivity index (χ3n) is 6.42. The van der Waals surface area contributed by atoms with Crippen LogP contribution in [0.5, 0.6) is 0 Å². The van der Waals surface area contributed by atoms with Crippen molar-refractivity contribution in [2.24, 2.45) is 0 Å². The van der Waals surface area contributed by atoms with Crippen molar-refractivity contribution in [2.45, 2.75) is 40.5 Å². The molecule has 0 bridgehead atoms. The number of esters is 2. The van der Waals surface area contributed by atoms with Gasteiger partial charge in [0.05, 0.1) is 11.1 Å². The summed E-state index contributed by atoms with van der Waals surface area (Å²) in [5, 5.41) is 0. The monoisotopic (exact) mass is 504 g/mol. The van der Waals surface area contributed by atoms with Gasteiger partial charge in [0.1, 0.15) is 0 Å². The van der Waals surface area contributed by atoms with Gasteiger partial charge in [-0.2, -0.15) is 0 Å². The van der Waals surface area contributed by atoms with E-state index in [9.17, 15) is 9.59 Å². The second-order valence-electron chi connectivity index (χ2n) is 9.27. The third kappa shape index (κ3) is 6.46. The van der Waals surface area contributed by atoms with Gasteiger partial charge in [0, 0.05) is 11.1 Å². The summed E-state index contributed by atoms with van der Waals surface area (Å²) in [4.78, 5) is 26.6. The van der Waals surface area contributed by atoms with Gasteiger partial charge in [-0.1, -0.05) is 97.8 Å². The molecule has 0 aliphatic rings. The maximum absolute atomic E-state index is 13.3. The average Bonchev–Trinajstić information content (AvgIpc) is 2.96. The molecule has 0 spiro atoms. The molecule has 4 aromatic carbocycles. The Morgan fingerprint density at radius 2 is 0.763 bits per heavy atom. The molecule has 4 rings (SSSR count). The van der Waals surface area contributed by atoms with Gasteiger partial charge in [-0.25, -0.2) is 9.59 Å². The maximum Gasteiger partial charge on any atom is 0.343 e. The lowest BCUT2D eigenvalue weighted by Crippen LogP contribution is -2.11. The smallest absolute Gasteiger partial charge is 0.343 e. The molecular weight excluding hydrogens is 472 g/mol. The minimum absolute atomic E-state index is 0.178. The van der Waals surface area contributed by atoms with Crippen molar-refractivity contribution in [1.82, 2.24) is 0 Å². The Kier molecular flexibility index (Phi) is 8.55. The summed E-state index contributed by atoms with van der Waals surface area (Å²) in [5.41, 5.74) is 6.43. The average molecular weight is 505 g/mol. The Labute approximate surface area is 224 Å². The lowest BCUT2D eigenvalue weighted by Gasteiger charge is -2.17. The number of carbonyl (C=O) groups excluding carboxylic acids is 2. The van der Waals surface area contributed by atoms with Gasteiger partial charge in [-0.05, 0) is 62.1 Å². The van der Waals surface area contributed by atoms with Gasteiger partial charge >= 0.3 is 11.9 Å². The highest BCUT2D eigenvalue weighted by Crippen LogP contribution is 2.31. The highest BCUT2D eigenvalue weighted by atomic mass is 16.6. The molecule has 0 saturated carbocycles. The second-order valence-corrected chi connectivity index (χ2v) is 9.27. The van der Waals surface area contributed by atoms with Crippen LogP contribution in [0.1, 0.15) is 67.9 Å². The van der Waals surface area contributed by atoms with Crippen LogP contribution in [0.25, 0.3) is 11.5 Å². The van der Waals surface area contributed by atoms with Gasteiger partial charge in [-0.3, -0.25) is 0 Å². The molecule has 0 aromatic heterocycles. The molecule has 0 fully saturated rings. The molecule has 0 amide bonds. The van der Waals surface area contributed by atoms with Crippen LogP contribution in [0.3, 0.4) is 0 Å². The van der Waals surface area contributed by atoms with E-state index in [1.165, 1.54) is 0 Å². The lowest BCUT2D eigenvalue weighted by molar-refractivity contribution is 0.0646. The standard InChI is InChI=1S/C34H32O4/c1-5-25-11-19-29(20-12-25)33(35)37-31(27-15-7-23(3)8-16-27)32(28-17-9-24(4)10-18-28)38-34(36)30-21-13-26(6-2)14-22-30/h7-22H,5-6H2,1-4H3. The Bertz CT molecular complexity index is 1310. The second kappa shape index (κ2) is 12.2. The van der Waals surface area contributed by atoms with Crippen molar-refractivity contribution in [3.63, 3.8) is 0 Å². The van der Waals surface area contributed by atoms with Gasteiger partial charge < -0.3 is 9.47 Å². The van der Waals surface area contributed by atoms with Crippen molar-refractivity contribution in [3.8, 4) is 0 Å². The maximum atomic E-state index is 13.3. The zero-order valence-corrected chi connectivity index (χ0v) is 22.3. The van der Waals surface area contributed by atoms with Gasteiger partial charge in [0.25, 0.3) is 0 Å². The summed E-state index contributed by atoms with van der Waals surface area (Å²) in [6, 6.07) is 29.8. The van der Waals surface area contributed by atoms with E-state index in [1.807, 2.05) is 86.6 Å². The minimum atomic E-state index is -0.531. The zero-order valence-electron chi connectivity index (χ0n) is 22.3. The molecule has 38 heavy (non-hydrogen) atoms. The van der Waals surface area contributed by atoms with E-state index in [0.29, 0.717) is 22.3 Å². The summed E-state index contributed by atoms with van der Waals surface area (Å²) in [5.74, 6) is -0.707. The Hall–Kier alpha value is -4.44. The molecule has 192 valence electrons. The van der Waals surface area contributed by atoms with Crippen LogP contribution in [0.4, 0.5) is 0 Å². The third-order valence-corrected chi connectivity index (χ3v) is 6.42. The molecule has 0 radical (unpaired) electrons. The number of rotatable bonds is 8. The fourth-order valence-electron chi connectivity index (χ4n) is 3.94. The van der Waals surface area contributed by atoms with Crippen molar-refractivity contribution in [1.29, 1.82) is 0 Å². The van der Waals surface area contributed by atoms with E-state index < -0.39 is 11.9 Å². The highest BCUT2D eigenvalue weighted by molar-refractivity contribution is 6.00. The van der Waals surface area contributed by atoms with E-state index in [-0.39, 0.29) is 11.5 Å². The minimum Gasteiger partial charge on any atom is -0.418 e. The SMILES string of the molecule is CCc1ccc(C(=O)OC(=C(OC(=O)c2ccc(CC)cc2)c2ccc(C)cc2)c2ccc(C)cc2)cc1. The van der Waals surface area contributed by atoms with E-state index in [4.69, 9.17) is 9.47 Å². The summed E-state index contributed by atoms with van der Waals surface area (Å²) in [7, 11) is 0. The number of aryl methyl sites for hydroxylation is 4. The molecule has 4 aromatic rings. The van der Waals surface area contributed by atoms with Crippen LogP contribution in [0, 0.1) is 13.8 Å². The summed E-state index contributed by atoms with van der Waals surface area (Å²) in [6.45, 7) is 8.08. The predicted molar refractivity (Wildman–Crippen MR) is 152 cm³/mol. The first-order valence-electron chi connectivity index (χ1n) is 12.9. The first-order chi connectivity index (χ1) is 18.4. The number of benzene rings is 4. The number of ether oxygens (including phenoxy) is 2. The van der Waals surface area contributed by atoms with Crippen LogP contribution in [0.2, 0.25) is 0 Å². The van der Waals surface area contributed by atoms with Crippen molar-refractivity contribution in [2.75, 3.05) is 0 Å². The molecule has 0 N–H and O–H groups in total. The lowest BCUT2D eigenvalue weighted by atomic mass is 10.0. The summed E-state index contributed by atoms with van der Waals surface area (Å²) < 4.78 is 12.0. The summed E-state index contributed by atoms with van der Waals surface area (Å²) in [6.07, 6.45) is 1.74. The van der Waals surface area contributed by atoms with Crippen LogP contribution in [0.15, 0.2) is 97.1 Å². The molecule has 4 nitrogen and oxygen atoms in total. The Morgan fingerprint density at radius 1 is 0.474 bits per heavy atom. The Morgan fingerprint density at radius 3 is 1.05 bits per heavy atom. The van der Waals surface area contributed by atoms with E-state index in [1.54, 1.807) is 24.3 Å². The fraction of sp³-hybridized carbons (Fsp3) is 0.176. The molecular formula is C34H32O4. The zero-order chi connectivity index (χ0) is 27.1. The Balaban J connectivity index is 1.82. The van der Waals surface area contributed by atoms with Gasteiger partial charge in [-0.15, -0.1) is 0 Å². The van der Waals surface area contributed by atoms with Crippen LogP contribution >= 0.6 is 0 Å². The van der Waals surface area contributed by atoms with Gasteiger partial charge in [0.15, 0.2) is 11.5 Å². The van der Waals surface area contributed by atoms with E-state index >= 15 is 0 Å². The molecule has 4 heteroatoms. The molecule has 0 aliphatic carbocycles. The quantitative estimate of drug-likeness (QED) is 0.139. The van der Waals surface area contributed by atoms with Crippen LogP contribution in [-0.4, -0.2) is 11.9 Å². The number of hydrogen-bond donors (Lipinski definition) is 0. The molecule has 0 heterocycles. The van der Waals surface area contributed by atoms with Crippen molar-refractivity contribution < 1.29 is 19.1 Å². The van der Waals surface area contributed by atoms with Crippen molar-refractivity contribution >= 4 is 23.5 Å². The molecule has 0 aliphatic heterocycles. The first-order valence-corrected chi connectivity index (χ1v) is 12.9. The number of hydrogen-bond acceptors (Lipinski definition) is 4.